The Kier molecular flexibility index (Phi) is 7.59. The maximum atomic E-state index is 14.0. The van der Waals surface area contributed by atoms with Gasteiger partial charge in [0.15, 0.2) is 5.57 Å². The molecular weight excluding hydrogens is 381 g/mol. The van der Waals surface area contributed by atoms with Crippen molar-refractivity contribution in [2.75, 3.05) is 7.11 Å². The fourth-order valence-electron chi connectivity index (χ4n) is 2.64. The summed E-state index contributed by atoms with van der Waals surface area (Å²) in [5.74, 6) is -0.668. The van der Waals surface area contributed by atoms with Crippen LogP contribution in [0.1, 0.15) is 31.5 Å². The molecule has 0 unspecified atom stereocenters. The first kappa shape index (κ1) is 22.2. The third-order valence-electron chi connectivity index (χ3n) is 3.92. The van der Waals surface area contributed by atoms with Gasteiger partial charge in [-0.25, -0.2) is 4.99 Å². The molecule has 1 aromatic carbocycles. The molecule has 29 heavy (non-hydrogen) atoms. The molecule has 154 valence electrons. The summed E-state index contributed by atoms with van der Waals surface area (Å²) >= 11 is 0. The SMILES string of the molecule is CC/C=C(Oc1ccccc1)/C(=C(\N=C(/C)c1ncccc1C)OC)C(F)(F)F. The van der Waals surface area contributed by atoms with E-state index < -0.39 is 17.6 Å². The Morgan fingerprint density at radius 1 is 1.14 bits per heavy atom. The van der Waals surface area contributed by atoms with E-state index in [0.717, 1.165) is 12.7 Å². The van der Waals surface area contributed by atoms with Gasteiger partial charge in [0.1, 0.15) is 11.5 Å². The standard InChI is InChI=1S/C22H23F3N2O2/c1-5-10-18(29-17-12-7-6-8-13-17)19(22(23,24)25)21(28-4)27-16(3)20-15(2)11-9-14-26-20/h6-14H,5H2,1-4H3/b18-10-,21-19-,27-16+. The third kappa shape index (κ3) is 5.94. The molecule has 0 bridgehead atoms. The van der Waals surface area contributed by atoms with Crippen LogP contribution in [-0.4, -0.2) is 24.0 Å². The summed E-state index contributed by atoms with van der Waals surface area (Å²) in [6.07, 6.45) is -1.50. The van der Waals surface area contributed by atoms with E-state index in [1.165, 1.54) is 6.08 Å². The number of hydrogen-bond donors (Lipinski definition) is 0. The lowest BCUT2D eigenvalue weighted by atomic mass is 10.1. The molecule has 0 aliphatic carbocycles. The van der Waals surface area contributed by atoms with Gasteiger partial charge in [-0.2, -0.15) is 13.2 Å². The number of nitrogens with zero attached hydrogens (tertiary/aromatic N) is 2. The number of hydrogen-bond acceptors (Lipinski definition) is 4. The Hall–Kier alpha value is -3.09. The molecule has 0 saturated carbocycles. The highest BCUT2D eigenvalue weighted by atomic mass is 19.4. The van der Waals surface area contributed by atoms with Crippen LogP contribution in [0.4, 0.5) is 13.2 Å². The quantitative estimate of drug-likeness (QED) is 0.323. The van der Waals surface area contributed by atoms with Gasteiger partial charge in [-0.05, 0) is 50.1 Å². The van der Waals surface area contributed by atoms with Crippen LogP contribution in [0.5, 0.6) is 5.75 Å². The highest BCUT2D eigenvalue weighted by molar-refractivity contribution is 5.98. The van der Waals surface area contributed by atoms with Gasteiger partial charge < -0.3 is 9.47 Å². The highest BCUT2D eigenvalue weighted by Gasteiger charge is 2.41. The molecule has 7 heteroatoms. The van der Waals surface area contributed by atoms with Crippen LogP contribution in [0.2, 0.25) is 0 Å². The average molecular weight is 404 g/mol. The molecule has 0 N–H and O–H groups in total. The molecule has 0 amide bonds. The maximum Gasteiger partial charge on any atom is 0.425 e. The number of methoxy groups -OCH3 is 1. The van der Waals surface area contributed by atoms with E-state index in [9.17, 15) is 13.2 Å². The Labute approximate surface area is 168 Å². The lowest BCUT2D eigenvalue weighted by molar-refractivity contribution is -0.0953. The van der Waals surface area contributed by atoms with E-state index in [4.69, 9.17) is 9.47 Å². The van der Waals surface area contributed by atoms with Crippen molar-refractivity contribution in [3.8, 4) is 5.75 Å². The number of rotatable bonds is 7. The molecule has 4 nitrogen and oxygen atoms in total. The van der Waals surface area contributed by atoms with Gasteiger partial charge >= 0.3 is 6.18 Å². The van der Waals surface area contributed by atoms with Crippen LogP contribution in [-0.2, 0) is 4.74 Å². The monoisotopic (exact) mass is 404 g/mol. The van der Waals surface area contributed by atoms with E-state index in [0.29, 0.717) is 17.8 Å². The normalized spacial score (nSPS) is 13.8. The van der Waals surface area contributed by atoms with Crippen LogP contribution in [0, 0.1) is 6.92 Å². The van der Waals surface area contributed by atoms with Crippen LogP contribution in [0.15, 0.2) is 76.9 Å². The minimum Gasteiger partial charge on any atom is -0.480 e. The Morgan fingerprint density at radius 3 is 2.38 bits per heavy atom. The lowest BCUT2D eigenvalue weighted by Gasteiger charge is -2.18. The van der Waals surface area contributed by atoms with Gasteiger partial charge in [-0.15, -0.1) is 0 Å². The van der Waals surface area contributed by atoms with Crippen LogP contribution < -0.4 is 4.74 Å². The number of ether oxygens (including phenoxy) is 2. The minimum absolute atomic E-state index is 0.283. The molecule has 0 saturated heterocycles. The number of para-hydroxylation sites is 1. The molecule has 0 aliphatic heterocycles. The van der Waals surface area contributed by atoms with E-state index in [-0.39, 0.29) is 11.5 Å². The van der Waals surface area contributed by atoms with E-state index in [2.05, 4.69) is 9.98 Å². The Bertz CT molecular complexity index is 917. The molecule has 0 fully saturated rings. The fourth-order valence-corrected chi connectivity index (χ4v) is 2.64. The number of halogens is 3. The van der Waals surface area contributed by atoms with Crippen molar-refractivity contribution in [3.63, 3.8) is 0 Å². The van der Waals surface area contributed by atoms with E-state index in [1.807, 2.05) is 13.0 Å². The zero-order valence-electron chi connectivity index (χ0n) is 16.7. The first-order valence-electron chi connectivity index (χ1n) is 9.04. The second-order valence-electron chi connectivity index (χ2n) is 6.14. The maximum absolute atomic E-state index is 14.0. The largest absolute Gasteiger partial charge is 0.480 e. The number of allylic oxidation sites excluding steroid dienone is 2. The van der Waals surface area contributed by atoms with Gasteiger partial charge in [-0.3, -0.25) is 4.98 Å². The summed E-state index contributed by atoms with van der Waals surface area (Å²) in [4.78, 5) is 8.31. The highest BCUT2D eigenvalue weighted by Crippen LogP contribution is 2.36. The second kappa shape index (κ2) is 9.91. The van der Waals surface area contributed by atoms with Gasteiger partial charge in [0.25, 0.3) is 0 Å². The first-order chi connectivity index (χ1) is 13.8. The number of aryl methyl sites for hydroxylation is 1. The molecular formula is C22H23F3N2O2. The first-order valence-corrected chi connectivity index (χ1v) is 9.04. The topological polar surface area (TPSA) is 43.7 Å². The molecule has 1 aromatic heterocycles. The van der Waals surface area contributed by atoms with E-state index in [1.54, 1.807) is 56.4 Å². The zero-order chi connectivity index (χ0) is 21.4. The van der Waals surface area contributed by atoms with Gasteiger partial charge in [0, 0.05) is 6.20 Å². The number of aromatic nitrogens is 1. The van der Waals surface area contributed by atoms with Crippen molar-refractivity contribution in [2.45, 2.75) is 33.4 Å². The van der Waals surface area contributed by atoms with E-state index >= 15 is 0 Å². The van der Waals surface area contributed by atoms with Crippen LogP contribution in [0.3, 0.4) is 0 Å². The van der Waals surface area contributed by atoms with Crippen molar-refractivity contribution >= 4 is 5.71 Å². The molecule has 0 atom stereocenters. The molecule has 0 aliphatic rings. The van der Waals surface area contributed by atoms with Crippen molar-refractivity contribution < 1.29 is 22.6 Å². The number of aliphatic imine (C=N–C) groups is 1. The second-order valence-corrected chi connectivity index (χ2v) is 6.14. The lowest BCUT2D eigenvalue weighted by Crippen LogP contribution is -2.20. The summed E-state index contributed by atoms with van der Waals surface area (Å²) in [5.41, 5.74) is 0.507. The summed E-state index contributed by atoms with van der Waals surface area (Å²) in [6, 6.07) is 11.8. The predicted octanol–water partition coefficient (Wildman–Crippen LogP) is 5.99. The average Bonchev–Trinajstić information content (AvgIpc) is 2.67. The summed E-state index contributed by atoms with van der Waals surface area (Å²) in [7, 11) is 1.15. The molecule has 2 aromatic rings. The molecule has 0 spiro atoms. The molecule has 1 heterocycles. The van der Waals surface area contributed by atoms with Crippen molar-refractivity contribution in [1.82, 2.24) is 4.98 Å². The zero-order valence-corrected chi connectivity index (χ0v) is 16.7. The minimum atomic E-state index is -4.75. The third-order valence-corrected chi connectivity index (χ3v) is 3.92. The Balaban J connectivity index is 2.62. The fraction of sp³-hybridized carbons (Fsp3) is 0.273. The van der Waals surface area contributed by atoms with Gasteiger partial charge in [-0.1, -0.05) is 31.2 Å². The Morgan fingerprint density at radius 2 is 1.83 bits per heavy atom. The summed E-state index contributed by atoms with van der Waals surface area (Å²) in [5, 5.41) is 0. The molecule has 2 rings (SSSR count). The van der Waals surface area contributed by atoms with Crippen molar-refractivity contribution in [1.29, 1.82) is 0 Å². The number of pyridine rings is 1. The molecule has 0 radical (unpaired) electrons. The smallest absolute Gasteiger partial charge is 0.425 e. The summed E-state index contributed by atoms with van der Waals surface area (Å²) in [6.45, 7) is 5.12. The number of alkyl halides is 3. The van der Waals surface area contributed by atoms with Crippen LogP contribution in [0.25, 0.3) is 0 Å². The predicted molar refractivity (Wildman–Crippen MR) is 107 cm³/mol. The van der Waals surface area contributed by atoms with Gasteiger partial charge in [0.05, 0.1) is 18.5 Å². The van der Waals surface area contributed by atoms with Crippen molar-refractivity contribution in [3.05, 3.63) is 83.2 Å². The number of benzene rings is 1. The van der Waals surface area contributed by atoms with Crippen LogP contribution >= 0.6 is 0 Å². The van der Waals surface area contributed by atoms with Crippen molar-refractivity contribution in [2.24, 2.45) is 4.99 Å². The van der Waals surface area contributed by atoms with Gasteiger partial charge in [0.2, 0.25) is 5.88 Å². The summed E-state index contributed by atoms with van der Waals surface area (Å²) < 4.78 is 52.7.